The minimum Gasteiger partial charge on any atom is -0.391 e. The highest BCUT2D eigenvalue weighted by Gasteiger charge is 2.15. The van der Waals surface area contributed by atoms with E-state index in [1.807, 2.05) is 12.1 Å². The molecule has 0 fully saturated rings. The van der Waals surface area contributed by atoms with Gasteiger partial charge in [0.25, 0.3) is 0 Å². The third-order valence-electron chi connectivity index (χ3n) is 6.45. The molecule has 4 aromatic carbocycles. The standard InChI is InChI=1S/C15H12F2N2O.C15H10F2N2O/c2*1-19-7-11-10(3-2-4-15(11)18-19)9-5-13(16)12(8-20)14(17)6-9/h2-7,20H,8H2,1H3;2-8H,1H3. The van der Waals surface area contributed by atoms with Crippen LogP contribution in [0.15, 0.2) is 73.1 Å². The molecule has 6 nitrogen and oxygen atoms in total. The number of rotatable bonds is 4. The first kappa shape index (κ1) is 26.8. The number of halogens is 4. The van der Waals surface area contributed by atoms with Crippen LogP contribution in [-0.4, -0.2) is 31.0 Å². The second-order valence-corrected chi connectivity index (χ2v) is 9.13. The number of nitrogens with zero attached hydrogens (tertiary/aromatic N) is 4. The van der Waals surface area contributed by atoms with Gasteiger partial charge in [0.15, 0.2) is 6.29 Å². The van der Waals surface area contributed by atoms with Gasteiger partial charge in [0.2, 0.25) is 0 Å². The van der Waals surface area contributed by atoms with Gasteiger partial charge in [-0.05, 0) is 58.7 Å². The maximum atomic E-state index is 13.8. The highest BCUT2D eigenvalue weighted by Crippen LogP contribution is 2.31. The first-order chi connectivity index (χ1) is 19.2. The Morgan fingerprint density at radius 3 is 1.55 bits per heavy atom. The van der Waals surface area contributed by atoms with E-state index < -0.39 is 35.4 Å². The fourth-order valence-corrected chi connectivity index (χ4v) is 4.59. The van der Waals surface area contributed by atoms with Crippen LogP contribution < -0.4 is 0 Å². The highest BCUT2D eigenvalue weighted by molar-refractivity contribution is 5.95. The fourth-order valence-electron chi connectivity index (χ4n) is 4.59. The number of aldehydes is 1. The quantitative estimate of drug-likeness (QED) is 0.207. The van der Waals surface area contributed by atoms with Gasteiger partial charge in [-0.3, -0.25) is 14.2 Å². The van der Waals surface area contributed by atoms with E-state index in [9.17, 15) is 22.4 Å². The molecule has 0 amide bonds. The number of aliphatic hydroxyl groups excluding tert-OH is 1. The van der Waals surface area contributed by atoms with E-state index >= 15 is 0 Å². The molecule has 0 aliphatic rings. The van der Waals surface area contributed by atoms with Crippen LogP contribution in [0.4, 0.5) is 17.6 Å². The summed E-state index contributed by atoms with van der Waals surface area (Å²) in [5, 5.41) is 19.1. The lowest BCUT2D eigenvalue weighted by atomic mass is 10.00. The fraction of sp³-hybridized carbons (Fsp3) is 0.100. The van der Waals surface area contributed by atoms with E-state index in [0.29, 0.717) is 22.3 Å². The van der Waals surface area contributed by atoms with Crippen molar-refractivity contribution in [3.63, 3.8) is 0 Å². The molecule has 202 valence electrons. The van der Waals surface area contributed by atoms with Gasteiger partial charge in [0.1, 0.15) is 23.3 Å². The summed E-state index contributed by atoms with van der Waals surface area (Å²) in [7, 11) is 3.57. The Kier molecular flexibility index (Phi) is 7.19. The summed E-state index contributed by atoms with van der Waals surface area (Å²) in [5.74, 6) is -3.22. The Balaban J connectivity index is 0.000000161. The molecule has 10 heteroatoms. The Morgan fingerprint density at radius 2 is 1.15 bits per heavy atom. The van der Waals surface area contributed by atoms with Crippen molar-refractivity contribution in [1.29, 1.82) is 0 Å². The van der Waals surface area contributed by atoms with Crippen molar-refractivity contribution in [1.82, 2.24) is 19.6 Å². The van der Waals surface area contributed by atoms with E-state index in [4.69, 9.17) is 5.11 Å². The molecular weight excluding hydrogens is 524 g/mol. The van der Waals surface area contributed by atoms with Crippen molar-refractivity contribution < 1.29 is 27.5 Å². The molecular formula is C30H22F4N4O2. The first-order valence-corrected chi connectivity index (χ1v) is 12.1. The summed E-state index contributed by atoms with van der Waals surface area (Å²) in [6.07, 6.45) is 3.77. The van der Waals surface area contributed by atoms with Crippen LogP contribution in [0.25, 0.3) is 44.1 Å². The Bertz CT molecular complexity index is 1850. The summed E-state index contributed by atoms with van der Waals surface area (Å²) in [4.78, 5) is 10.6. The van der Waals surface area contributed by atoms with Crippen LogP contribution in [0.3, 0.4) is 0 Å². The van der Waals surface area contributed by atoms with Gasteiger partial charge in [-0.1, -0.05) is 24.3 Å². The van der Waals surface area contributed by atoms with Gasteiger partial charge in [-0.25, -0.2) is 17.6 Å². The zero-order valence-corrected chi connectivity index (χ0v) is 21.4. The van der Waals surface area contributed by atoms with Gasteiger partial charge < -0.3 is 5.11 Å². The number of aromatic nitrogens is 4. The monoisotopic (exact) mass is 546 g/mol. The largest absolute Gasteiger partial charge is 0.391 e. The number of benzene rings is 4. The van der Waals surface area contributed by atoms with E-state index in [1.54, 1.807) is 60.1 Å². The predicted octanol–water partition coefficient (Wildman–Crippen LogP) is 6.34. The third-order valence-corrected chi connectivity index (χ3v) is 6.45. The molecule has 0 saturated carbocycles. The summed E-state index contributed by atoms with van der Waals surface area (Å²) < 4.78 is 58.3. The highest BCUT2D eigenvalue weighted by atomic mass is 19.1. The second-order valence-electron chi connectivity index (χ2n) is 9.13. The van der Waals surface area contributed by atoms with Crippen LogP contribution in [0, 0.1) is 23.3 Å². The second kappa shape index (κ2) is 10.7. The molecule has 2 aromatic heterocycles. The maximum absolute atomic E-state index is 13.8. The summed E-state index contributed by atoms with van der Waals surface area (Å²) in [6, 6.07) is 15.6. The third kappa shape index (κ3) is 4.96. The summed E-state index contributed by atoms with van der Waals surface area (Å²) in [6.45, 7) is -0.658. The molecule has 6 rings (SSSR count). The Morgan fingerprint density at radius 1 is 0.725 bits per heavy atom. The lowest BCUT2D eigenvalue weighted by Crippen LogP contribution is -1.96. The minimum atomic E-state index is -0.865. The Labute approximate surface area is 225 Å². The molecule has 0 unspecified atom stereocenters. The molecule has 6 aromatic rings. The molecule has 1 N–H and O–H groups in total. The van der Waals surface area contributed by atoms with Crippen LogP contribution in [0.2, 0.25) is 0 Å². The smallest absolute Gasteiger partial charge is 0.155 e. The molecule has 0 atom stereocenters. The van der Waals surface area contributed by atoms with Gasteiger partial charge in [-0.15, -0.1) is 0 Å². The number of aryl methyl sites for hydroxylation is 2. The van der Waals surface area contributed by atoms with Crippen molar-refractivity contribution >= 4 is 28.1 Å². The molecule has 0 aliphatic carbocycles. The van der Waals surface area contributed by atoms with Gasteiger partial charge in [0.05, 0.1) is 23.2 Å². The molecule has 0 bridgehead atoms. The normalized spacial score (nSPS) is 11.1. The minimum absolute atomic E-state index is 0.180. The Hall–Kier alpha value is -4.83. The van der Waals surface area contributed by atoms with Crippen LogP contribution in [0.1, 0.15) is 15.9 Å². The van der Waals surface area contributed by atoms with Crippen molar-refractivity contribution in [2.75, 3.05) is 0 Å². The predicted molar refractivity (Wildman–Crippen MR) is 143 cm³/mol. The van der Waals surface area contributed by atoms with Crippen molar-refractivity contribution in [2.24, 2.45) is 14.1 Å². The molecule has 2 heterocycles. The zero-order valence-electron chi connectivity index (χ0n) is 21.4. The average Bonchev–Trinajstić information content (AvgIpc) is 3.49. The van der Waals surface area contributed by atoms with Crippen molar-refractivity contribution in [2.45, 2.75) is 6.61 Å². The molecule has 0 aliphatic heterocycles. The number of fused-ring (bicyclic) bond motifs is 2. The molecule has 0 spiro atoms. The van der Waals surface area contributed by atoms with Crippen LogP contribution in [0.5, 0.6) is 0 Å². The lowest BCUT2D eigenvalue weighted by molar-refractivity contribution is 0.111. The molecule has 0 radical (unpaired) electrons. The van der Waals surface area contributed by atoms with Crippen molar-refractivity contribution in [3.05, 3.63) is 107 Å². The van der Waals surface area contributed by atoms with E-state index in [2.05, 4.69) is 10.2 Å². The number of aliphatic hydroxyl groups is 1. The number of hydrogen-bond donors (Lipinski definition) is 1. The number of carbonyl (C=O) groups is 1. The average molecular weight is 547 g/mol. The zero-order chi connectivity index (χ0) is 28.6. The van der Waals surface area contributed by atoms with Crippen LogP contribution >= 0.6 is 0 Å². The topological polar surface area (TPSA) is 72.9 Å². The van der Waals surface area contributed by atoms with Crippen LogP contribution in [-0.2, 0) is 20.7 Å². The van der Waals surface area contributed by atoms with Crippen molar-refractivity contribution in [3.8, 4) is 22.3 Å². The maximum Gasteiger partial charge on any atom is 0.155 e. The van der Waals surface area contributed by atoms with E-state index in [1.165, 1.54) is 12.1 Å². The first-order valence-electron chi connectivity index (χ1n) is 12.1. The van der Waals surface area contributed by atoms with E-state index in [-0.39, 0.29) is 11.8 Å². The molecule has 0 saturated heterocycles. The SMILES string of the molecule is Cn1cc2c(-c3cc(F)c(C=O)c(F)c3)cccc2n1.Cn1cc2c(-c3cc(F)c(CO)c(F)c3)cccc2n1. The lowest BCUT2D eigenvalue weighted by Gasteiger charge is -2.07. The summed E-state index contributed by atoms with van der Waals surface area (Å²) >= 11 is 0. The van der Waals surface area contributed by atoms with Gasteiger partial charge in [-0.2, -0.15) is 10.2 Å². The van der Waals surface area contributed by atoms with Gasteiger partial charge >= 0.3 is 0 Å². The van der Waals surface area contributed by atoms with Gasteiger partial charge in [0, 0.05) is 42.8 Å². The number of hydrogen-bond acceptors (Lipinski definition) is 4. The number of carbonyl (C=O) groups excluding carboxylic acids is 1. The van der Waals surface area contributed by atoms with E-state index in [0.717, 1.165) is 33.9 Å². The summed E-state index contributed by atoms with van der Waals surface area (Å²) in [5.41, 5.74) is 2.82. The molecule has 40 heavy (non-hydrogen) atoms.